The van der Waals surface area contributed by atoms with E-state index < -0.39 is 0 Å². The smallest absolute Gasteiger partial charge is 0.0206 e. The molecule has 0 nitrogen and oxygen atoms in total. The molecule has 2 atom stereocenters. The van der Waals surface area contributed by atoms with Gasteiger partial charge in [-0.05, 0) is 37.5 Å². The van der Waals surface area contributed by atoms with Gasteiger partial charge in [-0.2, -0.15) is 0 Å². The molecule has 0 amide bonds. The largest absolute Gasteiger partial charge is 0.0999 e. The summed E-state index contributed by atoms with van der Waals surface area (Å²) in [6, 6.07) is 0. The van der Waals surface area contributed by atoms with Crippen LogP contribution in [-0.2, 0) is 0 Å². The van der Waals surface area contributed by atoms with Crippen molar-refractivity contribution in [2.75, 3.05) is 0 Å². The van der Waals surface area contributed by atoms with Crippen molar-refractivity contribution in [3.05, 3.63) is 12.2 Å². The zero-order valence-corrected chi connectivity index (χ0v) is 10.1. The minimum Gasteiger partial charge on any atom is -0.0999 e. The normalized spacial score (nSPS) is 15.8. The molecule has 0 heteroatoms. The van der Waals surface area contributed by atoms with E-state index in [9.17, 15) is 0 Å². The SMILES string of the molecule is C=C(C)C(CCC)CC(C)C(C)C. The molecule has 0 bridgehead atoms. The van der Waals surface area contributed by atoms with Crippen LogP contribution in [0.25, 0.3) is 0 Å². The van der Waals surface area contributed by atoms with Gasteiger partial charge in [-0.3, -0.25) is 0 Å². The Morgan fingerprint density at radius 2 is 1.77 bits per heavy atom. The summed E-state index contributed by atoms with van der Waals surface area (Å²) in [4.78, 5) is 0. The van der Waals surface area contributed by atoms with Crippen molar-refractivity contribution in [3.63, 3.8) is 0 Å². The maximum absolute atomic E-state index is 4.09. The van der Waals surface area contributed by atoms with Gasteiger partial charge in [0.2, 0.25) is 0 Å². The molecule has 0 saturated carbocycles. The van der Waals surface area contributed by atoms with Crippen LogP contribution in [0.3, 0.4) is 0 Å². The number of hydrogen-bond donors (Lipinski definition) is 0. The fourth-order valence-corrected chi connectivity index (χ4v) is 1.63. The van der Waals surface area contributed by atoms with Crippen molar-refractivity contribution in [2.45, 2.75) is 53.9 Å². The Kier molecular flexibility index (Phi) is 6.11. The maximum Gasteiger partial charge on any atom is -0.0206 e. The Balaban J connectivity index is 4.01. The van der Waals surface area contributed by atoms with Crippen LogP contribution in [-0.4, -0.2) is 0 Å². The van der Waals surface area contributed by atoms with E-state index in [4.69, 9.17) is 0 Å². The fraction of sp³-hybridized carbons (Fsp3) is 0.846. The van der Waals surface area contributed by atoms with Gasteiger partial charge in [0.25, 0.3) is 0 Å². The van der Waals surface area contributed by atoms with Gasteiger partial charge in [-0.25, -0.2) is 0 Å². The Hall–Kier alpha value is -0.260. The second kappa shape index (κ2) is 6.23. The predicted molar refractivity (Wildman–Crippen MR) is 61.8 cm³/mol. The molecular formula is C13H26. The highest BCUT2D eigenvalue weighted by Crippen LogP contribution is 2.27. The van der Waals surface area contributed by atoms with Gasteiger partial charge < -0.3 is 0 Å². The summed E-state index contributed by atoms with van der Waals surface area (Å²) < 4.78 is 0. The first-order valence-electron chi connectivity index (χ1n) is 5.64. The Morgan fingerprint density at radius 3 is 2.08 bits per heavy atom. The zero-order valence-electron chi connectivity index (χ0n) is 10.1. The lowest BCUT2D eigenvalue weighted by atomic mass is 9.83. The van der Waals surface area contributed by atoms with Gasteiger partial charge in [0, 0.05) is 0 Å². The van der Waals surface area contributed by atoms with Crippen molar-refractivity contribution in [2.24, 2.45) is 17.8 Å². The van der Waals surface area contributed by atoms with Crippen molar-refractivity contribution in [1.82, 2.24) is 0 Å². The van der Waals surface area contributed by atoms with Crippen LogP contribution in [0.1, 0.15) is 53.9 Å². The molecule has 0 heterocycles. The zero-order chi connectivity index (χ0) is 10.4. The van der Waals surface area contributed by atoms with Crippen molar-refractivity contribution >= 4 is 0 Å². The summed E-state index contributed by atoms with van der Waals surface area (Å²) in [5.41, 5.74) is 1.37. The number of hydrogen-bond acceptors (Lipinski definition) is 0. The van der Waals surface area contributed by atoms with E-state index in [0.717, 1.165) is 17.8 Å². The molecule has 0 aromatic heterocycles. The summed E-state index contributed by atoms with van der Waals surface area (Å²) in [7, 11) is 0. The Labute approximate surface area is 84.4 Å². The first kappa shape index (κ1) is 12.7. The van der Waals surface area contributed by atoms with Crippen LogP contribution >= 0.6 is 0 Å². The van der Waals surface area contributed by atoms with Gasteiger partial charge in [-0.15, -0.1) is 0 Å². The third kappa shape index (κ3) is 5.13. The van der Waals surface area contributed by atoms with Crippen LogP contribution in [0.15, 0.2) is 12.2 Å². The monoisotopic (exact) mass is 182 g/mol. The molecule has 0 N–H and O–H groups in total. The van der Waals surface area contributed by atoms with E-state index in [2.05, 4.69) is 41.2 Å². The number of allylic oxidation sites excluding steroid dienone is 1. The highest BCUT2D eigenvalue weighted by Gasteiger charge is 2.15. The minimum absolute atomic E-state index is 0.752. The predicted octanol–water partition coefficient (Wildman–Crippen LogP) is 4.66. The maximum atomic E-state index is 4.09. The third-order valence-electron chi connectivity index (χ3n) is 3.13. The van der Waals surface area contributed by atoms with E-state index in [1.807, 2.05) is 0 Å². The second-order valence-electron chi connectivity index (χ2n) is 4.79. The molecular weight excluding hydrogens is 156 g/mol. The fourth-order valence-electron chi connectivity index (χ4n) is 1.63. The first-order valence-corrected chi connectivity index (χ1v) is 5.64. The summed E-state index contributed by atoms with van der Waals surface area (Å²) >= 11 is 0. The lowest BCUT2D eigenvalue weighted by molar-refractivity contribution is 0.331. The van der Waals surface area contributed by atoms with Gasteiger partial charge in [0.1, 0.15) is 0 Å². The molecule has 0 aliphatic carbocycles. The molecule has 0 aliphatic heterocycles. The molecule has 0 rings (SSSR count). The Bertz CT molecular complexity index is 144. The van der Waals surface area contributed by atoms with Gasteiger partial charge in [-0.1, -0.05) is 46.3 Å². The summed E-state index contributed by atoms with van der Waals surface area (Å²) in [5, 5.41) is 0. The quantitative estimate of drug-likeness (QED) is 0.524. The third-order valence-corrected chi connectivity index (χ3v) is 3.13. The van der Waals surface area contributed by atoms with E-state index in [1.54, 1.807) is 0 Å². The molecule has 0 aromatic rings. The summed E-state index contributed by atoms with van der Waals surface area (Å²) in [6.07, 6.45) is 3.91. The molecule has 0 fully saturated rings. The van der Waals surface area contributed by atoms with E-state index in [-0.39, 0.29) is 0 Å². The Morgan fingerprint density at radius 1 is 1.23 bits per heavy atom. The van der Waals surface area contributed by atoms with Gasteiger partial charge >= 0.3 is 0 Å². The number of rotatable bonds is 6. The van der Waals surface area contributed by atoms with E-state index >= 15 is 0 Å². The lowest BCUT2D eigenvalue weighted by Gasteiger charge is -2.23. The van der Waals surface area contributed by atoms with Gasteiger partial charge in [0.15, 0.2) is 0 Å². The van der Waals surface area contributed by atoms with Crippen LogP contribution in [0.5, 0.6) is 0 Å². The molecule has 0 spiro atoms. The van der Waals surface area contributed by atoms with Crippen molar-refractivity contribution < 1.29 is 0 Å². The highest BCUT2D eigenvalue weighted by molar-refractivity contribution is 4.96. The second-order valence-corrected chi connectivity index (χ2v) is 4.79. The summed E-state index contributed by atoms with van der Waals surface area (Å²) in [5.74, 6) is 2.38. The lowest BCUT2D eigenvalue weighted by Crippen LogP contribution is -2.11. The van der Waals surface area contributed by atoms with Crippen LogP contribution in [0.4, 0.5) is 0 Å². The van der Waals surface area contributed by atoms with Gasteiger partial charge in [0.05, 0.1) is 0 Å². The molecule has 0 aliphatic rings. The van der Waals surface area contributed by atoms with Crippen LogP contribution < -0.4 is 0 Å². The minimum atomic E-state index is 0.752. The first-order chi connectivity index (χ1) is 5.99. The van der Waals surface area contributed by atoms with Crippen molar-refractivity contribution in [3.8, 4) is 0 Å². The molecule has 2 unspecified atom stereocenters. The topological polar surface area (TPSA) is 0 Å². The highest BCUT2D eigenvalue weighted by atomic mass is 14.2. The summed E-state index contributed by atoms with van der Waals surface area (Å²) in [6.45, 7) is 15.5. The average molecular weight is 182 g/mol. The molecule has 13 heavy (non-hydrogen) atoms. The van der Waals surface area contributed by atoms with Crippen molar-refractivity contribution in [1.29, 1.82) is 0 Å². The van der Waals surface area contributed by atoms with E-state index in [0.29, 0.717) is 0 Å². The molecule has 0 radical (unpaired) electrons. The standard InChI is InChI=1S/C13H26/c1-7-8-13(11(4)5)9-12(6)10(2)3/h10,12-13H,4,7-9H2,1-3,5-6H3. The molecule has 78 valence electrons. The van der Waals surface area contributed by atoms with Crippen LogP contribution in [0.2, 0.25) is 0 Å². The average Bonchev–Trinajstić information content (AvgIpc) is 2.03. The van der Waals surface area contributed by atoms with Crippen LogP contribution in [0, 0.1) is 17.8 Å². The van der Waals surface area contributed by atoms with E-state index in [1.165, 1.54) is 24.8 Å². The molecule has 0 saturated heterocycles. The molecule has 0 aromatic carbocycles.